The summed E-state index contributed by atoms with van der Waals surface area (Å²) < 4.78 is 0. The van der Waals surface area contributed by atoms with Crippen molar-refractivity contribution in [2.24, 2.45) is 17.8 Å². The average molecular weight is 269 g/mol. The molecule has 0 spiro atoms. The van der Waals surface area contributed by atoms with Gasteiger partial charge in [-0.3, -0.25) is 9.59 Å². The summed E-state index contributed by atoms with van der Waals surface area (Å²) in [5.74, 6) is -1.42. The molecule has 0 aromatic rings. The van der Waals surface area contributed by atoms with E-state index in [0.717, 1.165) is 19.3 Å². The fourth-order valence-electron chi connectivity index (χ4n) is 3.15. The zero-order valence-corrected chi connectivity index (χ0v) is 12.5. The van der Waals surface area contributed by atoms with E-state index in [9.17, 15) is 14.7 Å². The molecule has 0 heterocycles. The van der Waals surface area contributed by atoms with Gasteiger partial charge in [-0.05, 0) is 39.0 Å². The summed E-state index contributed by atoms with van der Waals surface area (Å²) in [5.41, 5.74) is -0.251. The maximum atomic E-state index is 12.3. The molecule has 4 nitrogen and oxygen atoms in total. The van der Waals surface area contributed by atoms with Crippen LogP contribution in [0, 0.1) is 17.8 Å². The molecule has 1 rings (SSSR count). The van der Waals surface area contributed by atoms with Crippen LogP contribution in [-0.4, -0.2) is 22.5 Å². The third kappa shape index (κ3) is 4.22. The first-order valence-electron chi connectivity index (χ1n) is 7.35. The van der Waals surface area contributed by atoms with Crippen molar-refractivity contribution in [3.63, 3.8) is 0 Å². The highest BCUT2D eigenvalue weighted by Crippen LogP contribution is 2.38. The van der Waals surface area contributed by atoms with Crippen LogP contribution in [0.25, 0.3) is 0 Å². The van der Waals surface area contributed by atoms with Crippen molar-refractivity contribution in [3.8, 4) is 0 Å². The standard InChI is InChI=1S/C15H27NO3/c1-5-7-15(3,4)16-13(17)11-8-10(6-2)9-12(11)14(18)19/h10-12H,5-9H2,1-4H3,(H,16,17)(H,18,19)/t10?,11-,12+/m0/s1. The average Bonchev–Trinajstić information content (AvgIpc) is 2.72. The first-order valence-corrected chi connectivity index (χ1v) is 7.35. The van der Waals surface area contributed by atoms with Gasteiger partial charge in [0.25, 0.3) is 0 Å². The fourth-order valence-corrected chi connectivity index (χ4v) is 3.15. The highest BCUT2D eigenvalue weighted by atomic mass is 16.4. The van der Waals surface area contributed by atoms with Gasteiger partial charge in [0.1, 0.15) is 0 Å². The van der Waals surface area contributed by atoms with Crippen LogP contribution < -0.4 is 5.32 Å². The number of hydrogen-bond acceptors (Lipinski definition) is 2. The normalized spacial score (nSPS) is 27.3. The molecule has 1 amide bonds. The minimum Gasteiger partial charge on any atom is -0.481 e. The lowest BCUT2D eigenvalue weighted by molar-refractivity contribution is -0.146. The van der Waals surface area contributed by atoms with Gasteiger partial charge in [0.15, 0.2) is 0 Å². The molecule has 1 aliphatic carbocycles. The summed E-state index contributed by atoms with van der Waals surface area (Å²) in [4.78, 5) is 23.6. The SMILES string of the molecule is CCCC(C)(C)NC(=O)[C@H]1CC(CC)C[C@H]1C(=O)O. The van der Waals surface area contributed by atoms with Crippen molar-refractivity contribution in [3.05, 3.63) is 0 Å². The molecule has 0 aromatic carbocycles. The Hall–Kier alpha value is -1.06. The maximum Gasteiger partial charge on any atom is 0.307 e. The second-order valence-electron chi connectivity index (χ2n) is 6.42. The van der Waals surface area contributed by atoms with Crippen molar-refractivity contribution in [1.29, 1.82) is 0 Å². The number of aliphatic carboxylic acids is 1. The molecule has 0 aromatic heterocycles. The van der Waals surface area contributed by atoms with E-state index in [1.807, 2.05) is 13.8 Å². The van der Waals surface area contributed by atoms with Gasteiger partial charge in [0.2, 0.25) is 5.91 Å². The van der Waals surface area contributed by atoms with Crippen LogP contribution in [0.4, 0.5) is 0 Å². The van der Waals surface area contributed by atoms with Crippen LogP contribution in [0.5, 0.6) is 0 Å². The van der Waals surface area contributed by atoms with Gasteiger partial charge in [-0.25, -0.2) is 0 Å². The Labute approximate surface area is 116 Å². The number of amides is 1. The van der Waals surface area contributed by atoms with E-state index < -0.39 is 11.9 Å². The summed E-state index contributed by atoms with van der Waals surface area (Å²) in [7, 11) is 0. The molecule has 0 bridgehead atoms. The lowest BCUT2D eigenvalue weighted by atomic mass is 9.92. The molecule has 1 aliphatic rings. The van der Waals surface area contributed by atoms with Gasteiger partial charge in [-0.15, -0.1) is 0 Å². The molecule has 110 valence electrons. The molecule has 1 unspecified atom stereocenters. The quantitative estimate of drug-likeness (QED) is 0.779. The number of carboxylic acids is 1. The molecule has 1 saturated carbocycles. The van der Waals surface area contributed by atoms with Crippen molar-refractivity contribution >= 4 is 11.9 Å². The third-order valence-electron chi connectivity index (χ3n) is 4.23. The summed E-state index contributed by atoms with van der Waals surface area (Å²) in [5, 5.41) is 12.3. The van der Waals surface area contributed by atoms with Gasteiger partial charge in [0.05, 0.1) is 11.8 Å². The topological polar surface area (TPSA) is 66.4 Å². The van der Waals surface area contributed by atoms with Crippen LogP contribution in [0.3, 0.4) is 0 Å². The number of carbonyl (C=O) groups is 2. The number of rotatable bonds is 6. The van der Waals surface area contributed by atoms with Crippen LogP contribution >= 0.6 is 0 Å². The van der Waals surface area contributed by atoms with Crippen LogP contribution in [0.2, 0.25) is 0 Å². The van der Waals surface area contributed by atoms with Crippen molar-refractivity contribution in [1.82, 2.24) is 5.32 Å². The molecule has 2 N–H and O–H groups in total. The summed E-state index contributed by atoms with van der Waals surface area (Å²) >= 11 is 0. The Kier molecular flexibility index (Phi) is 5.39. The molecule has 19 heavy (non-hydrogen) atoms. The largest absolute Gasteiger partial charge is 0.481 e. The Balaban J connectivity index is 2.71. The Morgan fingerprint density at radius 1 is 1.21 bits per heavy atom. The minimum absolute atomic E-state index is 0.0817. The third-order valence-corrected chi connectivity index (χ3v) is 4.23. The maximum absolute atomic E-state index is 12.3. The fraction of sp³-hybridized carbons (Fsp3) is 0.867. The Bertz CT molecular complexity index is 338. The molecule has 0 aliphatic heterocycles. The van der Waals surface area contributed by atoms with Crippen molar-refractivity contribution in [2.45, 2.75) is 65.3 Å². The monoisotopic (exact) mass is 269 g/mol. The Morgan fingerprint density at radius 3 is 2.26 bits per heavy atom. The molecule has 0 radical (unpaired) electrons. The highest BCUT2D eigenvalue weighted by Gasteiger charge is 2.42. The van der Waals surface area contributed by atoms with Crippen molar-refractivity contribution in [2.75, 3.05) is 0 Å². The van der Waals surface area contributed by atoms with Gasteiger partial charge < -0.3 is 10.4 Å². The summed E-state index contributed by atoms with van der Waals surface area (Å²) in [6.07, 6.45) is 4.20. The number of nitrogens with one attached hydrogen (secondary N) is 1. The lowest BCUT2D eigenvalue weighted by Gasteiger charge is -2.28. The molecular weight excluding hydrogens is 242 g/mol. The van der Waals surface area contributed by atoms with E-state index >= 15 is 0 Å². The van der Waals surface area contributed by atoms with Crippen LogP contribution in [-0.2, 0) is 9.59 Å². The molecule has 0 saturated heterocycles. The number of carbonyl (C=O) groups excluding carboxylic acids is 1. The highest BCUT2D eigenvalue weighted by molar-refractivity contribution is 5.85. The predicted octanol–water partition coefficient (Wildman–Crippen LogP) is 2.82. The first-order chi connectivity index (χ1) is 8.80. The molecule has 1 fully saturated rings. The lowest BCUT2D eigenvalue weighted by Crippen LogP contribution is -2.47. The number of carboxylic acid groups (broad SMARTS) is 1. The molecule has 4 heteroatoms. The van der Waals surface area contributed by atoms with Crippen LogP contribution in [0.15, 0.2) is 0 Å². The van der Waals surface area contributed by atoms with E-state index in [1.54, 1.807) is 0 Å². The Morgan fingerprint density at radius 2 is 1.79 bits per heavy atom. The van der Waals surface area contributed by atoms with Gasteiger partial charge >= 0.3 is 5.97 Å². The van der Waals surface area contributed by atoms with Gasteiger partial charge in [-0.2, -0.15) is 0 Å². The van der Waals surface area contributed by atoms with E-state index in [2.05, 4.69) is 19.2 Å². The second kappa shape index (κ2) is 6.40. The second-order valence-corrected chi connectivity index (χ2v) is 6.42. The first kappa shape index (κ1) is 16.0. The predicted molar refractivity (Wildman–Crippen MR) is 74.8 cm³/mol. The minimum atomic E-state index is -0.829. The molecular formula is C15H27NO3. The zero-order chi connectivity index (χ0) is 14.6. The number of hydrogen-bond donors (Lipinski definition) is 2. The van der Waals surface area contributed by atoms with E-state index in [0.29, 0.717) is 18.8 Å². The summed E-state index contributed by atoms with van der Waals surface area (Å²) in [6.45, 7) is 8.13. The zero-order valence-electron chi connectivity index (χ0n) is 12.5. The van der Waals surface area contributed by atoms with E-state index in [1.165, 1.54) is 0 Å². The summed E-state index contributed by atoms with van der Waals surface area (Å²) in [6, 6.07) is 0. The van der Waals surface area contributed by atoms with Crippen molar-refractivity contribution < 1.29 is 14.7 Å². The van der Waals surface area contributed by atoms with Crippen LogP contribution in [0.1, 0.15) is 59.8 Å². The molecule has 3 atom stereocenters. The van der Waals surface area contributed by atoms with E-state index in [-0.39, 0.29) is 17.4 Å². The van der Waals surface area contributed by atoms with E-state index in [4.69, 9.17) is 0 Å². The van der Waals surface area contributed by atoms with Gasteiger partial charge in [0, 0.05) is 5.54 Å². The smallest absolute Gasteiger partial charge is 0.307 e. The van der Waals surface area contributed by atoms with Gasteiger partial charge in [-0.1, -0.05) is 26.7 Å².